The van der Waals surface area contributed by atoms with Crippen LogP contribution in [0.15, 0.2) is 48.5 Å². The van der Waals surface area contributed by atoms with E-state index in [1.54, 1.807) is 24.3 Å². The minimum atomic E-state index is -0.640. The fraction of sp³-hybridized carbons (Fsp3) is 0.263. The maximum atomic E-state index is 12.8. The van der Waals surface area contributed by atoms with Crippen LogP contribution in [0.4, 0.5) is 11.4 Å². The molecule has 2 aromatic rings. The van der Waals surface area contributed by atoms with Crippen molar-refractivity contribution in [2.75, 3.05) is 23.9 Å². The summed E-state index contributed by atoms with van der Waals surface area (Å²) in [6.45, 7) is 2.41. The van der Waals surface area contributed by atoms with Crippen molar-refractivity contribution in [1.82, 2.24) is 0 Å². The SMILES string of the molecule is CCOc1ccccc1NC1CC(=O)N(c2ccccc2OC)C1=O. The average molecular weight is 340 g/mol. The maximum absolute atomic E-state index is 12.8. The smallest absolute Gasteiger partial charge is 0.256 e. The molecule has 0 aliphatic carbocycles. The number of para-hydroxylation sites is 4. The summed E-state index contributed by atoms with van der Waals surface area (Å²) >= 11 is 0. The number of ether oxygens (including phenoxy) is 2. The number of carbonyl (C=O) groups excluding carboxylic acids is 2. The van der Waals surface area contributed by atoms with Gasteiger partial charge in [0.2, 0.25) is 5.91 Å². The Kier molecular flexibility index (Phi) is 4.88. The van der Waals surface area contributed by atoms with Crippen molar-refractivity contribution in [2.45, 2.75) is 19.4 Å². The van der Waals surface area contributed by atoms with Crippen LogP contribution >= 0.6 is 0 Å². The summed E-state index contributed by atoms with van der Waals surface area (Å²) in [6, 6.07) is 13.7. The van der Waals surface area contributed by atoms with Crippen LogP contribution in [0, 0.1) is 0 Å². The molecule has 1 heterocycles. The Bertz CT molecular complexity index is 790. The number of methoxy groups -OCH3 is 1. The first kappa shape index (κ1) is 16.8. The molecule has 0 saturated carbocycles. The highest BCUT2D eigenvalue weighted by Gasteiger charge is 2.40. The summed E-state index contributed by atoms with van der Waals surface area (Å²) in [6.07, 6.45) is 0.0807. The number of nitrogens with zero attached hydrogens (tertiary/aromatic N) is 1. The van der Waals surface area contributed by atoms with E-state index in [0.29, 0.717) is 29.5 Å². The molecule has 6 nitrogen and oxygen atoms in total. The van der Waals surface area contributed by atoms with Crippen LogP contribution in [-0.4, -0.2) is 31.6 Å². The normalized spacial score (nSPS) is 16.9. The van der Waals surface area contributed by atoms with Crippen molar-refractivity contribution >= 4 is 23.2 Å². The fourth-order valence-corrected chi connectivity index (χ4v) is 2.87. The van der Waals surface area contributed by atoms with Gasteiger partial charge in [0, 0.05) is 0 Å². The van der Waals surface area contributed by atoms with E-state index in [1.165, 1.54) is 12.0 Å². The molecule has 1 unspecified atom stereocenters. The van der Waals surface area contributed by atoms with E-state index in [4.69, 9.17) is 9.47 Å². The lowest BCUT2D eigenvalue weighted by atomic mass is 10.2. The zero-order valence-electron chi connectivity index (χ0n) is 14.2. The number of anilines is 2. The van der Waals surface area contributed by atoms with Gasteiger partial charge in [-0.2, -0.15) is 0 Å². The van der Waals surface area contributed by atoms with E-state index in [1.807, 2.05) is 31.2 Å². The van der Waals surface area contributed by atoms with Gasteiger partial charge >= 0.3 is 0 Å². The Labute approximate surface area is 146 Å². The molecule has 130 valence electrons. The Balaban J connectivity index is 1.85. The van der Waals surface area contributed by atoms with Gasteiger partial charge in [0.15, 0.2) is 0 Å². The molecular formula is C19H20N2O4. The standard InChI is InChI=1S/C19H20N2O4/c1-3-25-16-10-6-4-8-13(16)20-14-12-18(22)21(19(14)23)15-9-5-7-11-17(15)24-2/h4-11,14,20H,3,12H2,1-2H3. The van der Waals surface area contributed by atoms with E-state index in [-0.39, 0.29) is 18.2 Å². The van der Waals surface area contributed by atoms with Crippen molar-refractivity contribution in [1.29, 1.82) is 0 Å². The average Bonchev–Trinajstić information content (AvgIpc) is 2.90. The third kappa shape index (κ3) is 3.28. The van der Waals surface area contributed by atoms with E-state index < -0.39 is 6.04 Å². The molecule has 0 spiro atoms. The van der Waals surface area contributed by atoms with Crippen molar-refractivity contribution in [3.63, 3.8) is 0 Å². The molecule has 1 aliphatic rings. The summed E-state index contributed by atoms with van der Waals surface area (Å²) in [5.74, 6) is 0.572. The Morgan fingerprint density at radius 3 is 2.48 bits per heavy atom. The van der Waals surface area contributed by atoms with Gasteiger partial charge in [-0.05, 0) is 31.2 Å². The van der Waals surface area contributed by atoms with Gasteiger partial charge in [0.1, 0.15) is 17.5 Å². The first-order valence-electron chi connectivity index (χ1n) is 8.14. The highest BCUT2D eigenvalue weighted by Crippen LogP contribution is 2.33. The third-order valence-electron chi connectivity index (χ3n) is 3.99. The van der Waals surface area contributed by atoms with Crippen molar-refractivity contribution < 1.29 is 19.1 Å². The number of hydrogen-bond donors (Lipinski definition) is 1. The molecule has 0 radical (unpaired) electrons. The monoisotopic (exact) mass is 340 g/mol. The zero-order valence-corrected chi connectivity index (χ0v) is 14.2. The molecule has 0 bridgehead atoms. The summed E-state index contributed by atoms with van der Waals surface area (Å²) in [5.41, 5.74) is 1.15. The summed E-state index contributed by atoms with van der Waals surface area (Å²) < 4.78 is 10.8. The van der Waals surface area contributed by atoms with Gasteiger partial charge in [-0.1, -0.05) is 24.3 Å². The summed E-state index contributed by atoms with van der Waals surface area (Å²) in [4.78, 5) is 26.4. The number of carbonyl (C=O) groups is 2. The second-order valence-electron chi connectivity index (χ2n) is 5.57. The second kappa shape index (κ2) is 7.25. The Morgan fingerprint density at radius 2 is 1.76 bits per heavy atom. The minimum absolute atomic E-state index is 0.0807. The number of rotatable bonds is 6. The molecule has 1 N–H and O–H groups in total. The van der Waals surface area contributed by atoms with E-state index in [0.717, 1.165) is 0 Å². The second-order valence-corrected chi connectivity index (χ2v) is 5.57. The largest absolute Gasteiger partial charge is 0.495 e. The van der Waals surface area contributed by atoms with Gasteiger partial charge in [-0.3, -0.25) is 9.59 Å². The summed E-state index contributed by atoms with van der Waals surface area (Å²) in [7, 11) is 1.51. The Morgan fingerprint density at radius 1 is 1.08 bits per heavy atom. The molecule has 1 saturated heterocycles. The van der Waals surface area contributed by atoms with Crippen LogP contribution < -0.4 is 19.7 Å². The first-order valence-corrected chi connectivity index (χ1v) is 8.14. The predicted octanol–water partition coefficient (Wildman–Crippen LogP) is 2.84. The lowest BCUT2D eigenvalue weighted by Crippen LogP contribution is -2.35. The van der Waals surface area contributed by atoms with Crippen LogP contribution in [0.3, 0.4) is 0 Å². The molecular weight excluding hydrogens is 320 g/mol. The lowest BCUT2D eigenvalue weighted by Gasteiger charge is -2.19. The molecule has 25 heavy (non-hydrogen) atoms. The van der Waals surface area contributed by atoms with Crippen LogP contribution in [0.2, 0.25) is 0 Å². The fourth-order valence-electron chi connectivity index (χ4n) is 2.87. The van der Waals surface area contributed by atoms with E-state index in [9.17, 15) is 9.59 Å². The van der Waals surface area contributed by atoms with Crippen molar-refractivity contribution in [3.05, 3.63) is 48.5 Å². The lowest BCUT2D eigenvalue weighted by molar-refractivity contribution is -0.121. The number of hydrogen-bond acceptors (Lipinski definition) is 5. The maximum Gasteiger partial charge on any atom is 0.256 e. The Hall–Kier alpha value is -3.02. The van der Waals surface area contributed by atoms with Crippen molar-refractivity contribution in [3.8, 4) is 11.5 Å². The van der Waals surface area contributed by atoms with Gasteiger partial charge in [-0.25, -0.2) is 4.90 Å². The zero-order chi connectivity index (χ0) is 17.8. The van der Waals surface area contributed by atoms with Gasteiger partial charge in [0.05, 0.1) is 31.5 Å². The van der Waals surface area contributed by atoms with E-state index >= 15 is 0 Å². The number of nitrogens with one attached hydrogen (secondary N) is 1. The predicted molar refractivity (Wildman–Crippen MR) is 95.1 cm³/mol. The van der Waals surface area contributed by atoms with Crippen LogP contribution in [0.1, 0.15) is 13.3 Å². The third-order valence-corrected chi connectivity index (χ3v) is 3.99. The van der Waals surface area contributed by atoms with Crippen LogP contribution in [0.25, 0.3) is 0 Å². The molecule has 0 aromatic heterocycles. The molecule has 1 atom stereocenters. The van der Waals surface area contributed by atoms with Gasteiger partial charge < -0.3 is 14.8 Å². The molecule has 3 rings (SSSR count). The topological polar surface area (TPSA) is 67.9 Å². The van der Waals surface area contributed by atoms with Gasteiger partial charge in [0.25, 0.3) is 5.91 Å². The minimum Gasteiger partial charge on any atom is -0.495 e. The number of benzene rings is 2. The quantitative estimate of drug-likeness (QED) is 0.819. The molecule has 2 amide bonds. The highest BCUT2D eigenvalue weighted by atomic mass is 16.5. The van der Waals surface area contributed by atoms with Crippen LogP contribution in [-0.2, 0) is 9.59 Å². The summed E-state index contributed by atoms with van der Waals surface area (Å²) in [5, 5.41) is 3.13. The van der Waals surface area contributed by atoms with Gasteiger partial charge in [-0.15, -0.1) is 0 Å². The van der Waals surface area contributed by atoms with Crippen LogP contribution in [0.5, 0.6) is 11.5 Å². The number of amides is 2. The van der Waals surface area contributed by atoms with E-state index in [2.05, 4.69) is 5.32 Å². The molecule has 1 fully saturated rings. The first-order chi connectivity index (χ1) is 12.2. The molecule has 6 heteroatoms. The highest BCUT2D eigenvalue weighted by molar-refractivity contribution is 6.23. The molecule has 2 aromatic carbocycles. The molecule has 1 aliphatic heterocycles. The van der Waals surface area contributed by atoms with Crippen molar-refractivity contribution in [2.24, 2.45) is 0 Å². The number of imide groups is 1.